The van der Waals surface area contributed by atoms with Crippen LogP contribution in [0.1, 0.15) is 26.9 Å². The lowest BCUT2D eigenvalue weighted by atomic mass is 10.1. The number of fused-ring (bicyclic) bond motifs is 3. The van der Waals surface area contributed by atoms with Crippen LogP contribution >= 0.6 is 23.4 Å². The van der Waals surface area contributed by atoms with Gasteiger partial charge >= 0.3 is 6.18 Å². The van der Waals surface area contributed by atoms with Crippen molar-refractivity contribution in [1.29, 1.82) is 0 Å². The molecule has 0 aliphatic carbocycles. The minimum absolute atomic E-state index is 0.0579. The van der Waals surface area contributed by atoms with Crippen LogP contribution in [0.15, 0.2) is 42.5 Å². The largest absolute Gasteiger partial charge is 0.416 e. The van der Waals surface area contributed by atoms with Gasteiger partial charge in [-0.1, -0.05) is 29.8 Å². The van der Waals surface area contributed by atoms with Crippen molar-refractivity contribution in [3.8, 4) is 0 Å². The van der Waals surface area contributed by atoms with Crippen molar-refractivity contribution in [1.82, 2.24) is 4.90 Å². The second-order valence-electron chi connectivity index (χ2n) is 6.22. The molecular weight excluding hydrogens is 401 g/mol. The molecule has 1 N–H and O–H groups in total. The zero-order chi connectivity index (χ0) is 19.3. The third kappa shape index (κ3) is 3.17. The Morgan fingerprint density at radius 2 is 1.96 bits per heavy atom. The topological polar surface area (TPSA) is 49.4 Å². The molecule has 1 fully saturated rings. The highest BCUT2D eigenvalue weighted by molar-refractivity contribution is 7.99. The van der Waals surface area contributed by atoms with E-state index < -0.39 is 23.7 Å². The molecule has 4 nitrogen and oxygen atoms in total. The summed E-state index contributed by atoms with van der Waals surface area (Å²) in [7, 11) is 0. The van der Waals surface area contributed by atoms with E-state index in [1.165, 1.54) is 22.7 Å². The summed E-state index contributed by atoms with van der Waals surface area (Å²) in [5.74, 6) is -0.423. The Kier molecular flexibility index (Phi) is 4.35. The van der Waals surface area contributed by atoms with Crippen molar-refractivity contribution in [2.24, 2.45) is 0 Å². The van der Waals surface area contributed by atoms with Gasteiger partial charge in [0, 0.05) is 22.0 Å². The van der Waals surface area contributed by atoms with E-state index in [2.05, 4.69) is 5.32 Å². The van der Waals surface area contributed by atoms with Gasteiger partial charge in [0.05, 0.1) is 5.56 Å². The molecule has 0 radical (unpaired) electrons. The van der Waals surface area contributed by atoms with E-state index in [1.54, 1.807) is 12.1 Å². The third-order valence-corrected chi connectivity index (χ3v) is 6.01. The van der Waals surface area contributed by atoms with Gasteiger partial charge in [0.1, 0.15) is 11.4 Å². The number of amides is 2. The highest BCUT2D eigenvalue weighted by Gasteiger charge is 2.48. The van der Waals surface area contributed by atoms with Crippen molar-refractivity contribution in [2.45, 2.75) is 17.6 Å². The number of nitrogens with one attached hydrogen (secondary N) is 1. The number of nitrogens with zero attached hydrogens (tertiary/aromatic N) is 1. The Hall–Kier alpha value is -2.19. The number of hydrogen-bond donors (Lipinski definition) is 1. The second kappa shape index (κ2) is 6.45. The maximum absolute atomic E-state index is 12.9. The normalized spacial score (nSPS) is 21.2. The van der Waals surface area contributed by atoms with Crippen molar-refractivity contribution in [2.75, 3.05) is 11.1 Å². The maximum atomic E-state index is 12.9. The van der Waals surface area contributed by atoms with E-state index in [-0.39, 0.29) is 22.0 Å². The average molecular weight is 413 g/mol. The first-order valence-electron chi connectivity index (χ1n) is 7.97. The van der Waals surface area contributed by atoms with Gasteiger partial charge in [-0.25, -0.2) is 0 Å². The molecule has 0 saturated carbocycles. The number of hydrogen-bond acceptors (Lipinski definition) is 3. The van der Waals surface area contributed by atoms with E-state index in [0.29, 0.717) is 11.3 Å². The highest BCUT2D eigenvalue weighted by atomic mass is 35.5. The molecule has 4 rings (SSSR count). The van der Waals surface area contributed by atoms with Gasteiger partial charge in [-0.05, 0) is 29.8 Å². The lowest BCUT2D eigenvalue weighted by molar-refractivity contribution is -0.137. The summed E-state index contributed by atoms with van der Waals surface area (Å²) in [5.41, 5.74) is 0.394. The van der Waals surface area contributed by atoms with Crippen LogP contribution in [0.5, 0.6) is 0 Å². The summed E-state index contributed by atoms with van der Waals surface area (Å²) in [5, 5.41) is 2.08. The van der Waals surface area contributed by atoms with Crippen LogP contribution in [-0.2, 0) is 11.0 Å². The van der Waals surface area contributed by atoms with Crippen LogP contribution in [0.4, 0.5) is 18.9 Å². The van der Waals surface area contributed by atoms with Crippen molar-refractivity contribution in [3.05, 3.63) is 64.2 Å². The molecule has 2 atom stereocenters. The maximum Gasteiger partial charge on any atom is 0.416 e. The predicted molar refractivity (Wildman–Crippen MR) is 96.7 cm³/mol. The van der Waals surface area contributed by atoms with Gasteiger partial charge in [0.25, 0.3) is 5.91 Å². The summed E-state index contributed by atoms with van der Waals surface area (Å²) in [6.45, 7) is 0. The number of anilines is 1. The number of carbonyl (C=O) groups excluding carboxylic acids is 2. The molecule has 2 aliphatic rings. The molecule has 1 saturated heterocycles. The zero-order valence-corrected chi connectivity index (χ0v) is 15.2. The Bertz CT molecular complexity index is 950. The van der Waals surface area contributed by atoms with Crippen LogP contribution in [0.25, 0.3) is 0 Å². The smallest absolute Gasteiger partial charge is 0.324 e. The molecule has 9 heteroatoms. The number of rotatable bonds is 2. The summed E-state index contributed by atoms with van der Waals surface area (Å²) in [6, 6.07) is 9.22. The lowest BCUT2D eigenvalue weighted by Gasteiger charge is -2.22. The first-order chi connectivity index (χ1) is 12.8. The average Bonchev–Trinajstić information content (AvgIpc) is 3.15. The molecule has 0 unspecified atom stereocenters. The van der Waals surface area contributed by atoms with E-state index >= 15 is 0 Å². The predicted octanol–water partition coefficient (Wildman–Crippen LogP) is 4.57. The van der Waals surface area contributed by atoms with Crippen LogP contribution in [0.3, 0.4) is 0 Å². The van der Waals surface area contributed by atoms with Crippen LogP contribution in [0.2, 0.25) is 5.02 Å². The lowest BCUT2D eigenvalue weighted by Crippen LogP contribution is -2.42. The van der Waals surface area contributed by atoms with Crippen LogP contribution in [-0.4, -0.2) is 28.5 Å². The number of alkyl halides is 3. The third-order valence-electron chi connectivity index (χ3n) is 4.49. The second-order valence-corrected chi connectivity index (χ2v) is 7.77. The molecular formula is C18H12ClF3N2O2S. The molecule has 2 aromatic carbocycles. The molecule has 140 valence electrons. The zero-order valence-electron chi connectivity index (χ0n) is 13.6. The molecule has 0 aromatic heterocycles. The summed E-state index contributed by atoms with van der Waals surface area (Å²) < 4.78 is 38.8. The Balaban J connectivity index is 1.57. The fraction of sp³-hybridized carbons (Fsp3) is 0.222. The summed E-state index contributed by atoms with van der Waals surface area (Å²) in [4.78, 5) is 26.8. The van der Waals surface area contributed by atoms with E-state index in [1.807, 2.05) is 12.1 Å². The monoisotopic (exact) mass is 412 g/mol. The van der Waals surface area contributed by atoms with E-state index in [9.17, 15) is 22.8 Å². The van der Waals surface area contributed by atoms with Gasteiger partial charge < -0.3 is 10.2 Å². The first-order valence-corrected chi connectivity index (χ1v) is 9.40. The molecule has 2 amide bonds. The molecule has 0 spiro atoms. The quantitative estimate of drug-likeness (QED) is 0.786. The molecule has 27 heavy (non-hydrogen) atoms. The number of carbonyl (C=O) groups is 2. The molecule has 0 bridgehead atoms. The Morgan fingerprint density at radius 1 is 1.22 bits per heavy atom. The van der Waals surface area contributed by atoms with Gasteiger partial charge in [-0.2, -0.15) is 13.2 Å². The Morgan fingerprint density at radius 3 is 2.70 bits per heavy atom. The highest BCUT2D eigenvalue weighted by Crippen LogP contribution is 2.48. The number of thioether (sulfide) groups is 1. The minimum atomic E-state index is -4.58. The van der Waals surface area contributed by atoms with Crippen LogP contribution in [0, 0.1) is 0 Å². The van der Waals surface area contributed by atoms with Gasteiger partial charge in [0.15, 0.2) is 0 Å². The fourth-order valence-corrected chi connectivity index (χ4v) is 4.99. The summed E-state index contributed by atoms with van der Waals surface area (Å²) >= 11 is 7.21. The first kappa shape index (κ1) is 18.2. The summed E-state index contributed by atoms with van der Waals surface area (Å²) in [6.07, 6.45) is -4.58. The Labute approximate surface area is 161 Å². The van der Waals surface area contributed by atoms with Crippen molar-refractivity contribution in [3.63, 3.8) is 0 Å². The van der Waals surface area contributed by atoms with E-state index in [4.69, 9.17) is 11.6 Å². The van der Waals surface area contributed by atoms with Crippen molar-refractivity contribution >= 4 is 40.9 Å². The van der Waals surface area contributed by atoms with Gasteiger partial charge in [-0.3, -0.25) is 9.59 Å². The molecule has 2 heterocycles. The van der Waals surface area contributed by atoms with Gasteiger partial charge in [0.2, 0.25) is 5.91 Å². The van der Waals surface area contributed by atoms with Crippen molar-refractivity contribution < 1.29 is 22.8 Å². The van der Waals surface area contributed by atoms with E-state index in [0.717, 1.165) is 17.7 Å². The fourth-order valence-electron chi connectivity index (χ4n) is 3.29. The molecule has 2 aromatic rings. The van der Waals surface area contributed by atoms with Gasteiger partial charge in [-0.15, -0.1) is 11.8 Å². The SMILES string of the molecule is O=C(Nc1cc(Cl)cc(C(F)(F)F)c1)[C@H]1CS[C@@H]2c3ccccc3C(=O)N12. The van der Waals surface area contributed by atoms with Crippen LogP contribution < -0.4 is 5.32 Å². The minimum Gasteiger partial charge on any atom is -0.324 e. The number of benzene rings is 2. The standard InChI is InChI=1S/C18H12ClF3N2O2S/c19-10-5-9(18(20,21)22)6-11(7-10)23-15(25)14-8-27-17-13-4-2-1-3-12(13)16(26)24(14)17/h1-7,14,17H,8H2,(H,23,25)/t14-,17-/m1/s1. The number of halogens is 4. The molecule has 2 aliphatic heterocycles.